The van der Waals surface area contributed by atoms with Gasteiger partial charge in [0, 0.05) is 37.7 Å². The quantitative estimate of drug-likeness (QED) is 0.818. The number of carbonyl (C=O) groups excluding carboxylic acids is 1. The molecule has 1 aromatic carbocycles. The first-order valence-electron chi connectivity index (χ1n) is 8.75. The lowest BCUT2D eigenvalue weighted by Crippen LogP contribution is -2.55. The molecule has 1 saturated heterocycles. The molecule has 0 spiro atoms. The first-order chi connectivity index (χ1) is 12.5. The number of rotatable bonds is 4. The van der Waals surface area contributed by atoms with Crippen LogP contribution in [0.2, 0.25) is 5.02 Å². The highest BCUT2D eigenvalue weighted by atomic mass is 35.5. The van der Waals surface area contributed by atoms with Gasteiger partial charge in [0.15, 0.2) is 0 Å². The van der Waals surface area contributed by atoms with Crippen molar-refractivity contribution in [1.82, 2.24) is 14.9 Å². The second kappa shape index (κ2) is 7.91. The monoisotopic (exact) mass is 374 g/mol. The number of para-hydroxylation sites is 1. The zero-order valence-corrected chi connectivity index (χ0v) is 16.0. The number of nitrogens with zero attached hydrogens (tertiary/aromatic N) is 4. The summed E-state index contributed by atoms with van der Waals surface area (Å²) in [7, 11) is 0. The zero-order chi connectivity index (χ0) is 18.7. The largest absolute Gasteiger partial charge is 0.437 e. The smallest absolute Gasteiger partial charge is 0.225 e. The molecule has 3 rings (SSSR count). The number of amides is 1. The molecule has 26 heavy (non-hydrogen) atoms. The van der Waals surface area contributed by atoms with Crippen molar-refractivity contribution in [1.29, 1.82) is 0 Å². The van der Waals surface area contributed by atoms with E-state index in [0.29, 0.717) is 23.2 Å². The van der Waals surface area contributed by atoms with Crippen molar-refractivity contribution >= 4 is 23.3 Å². The molecule has 1 amide bonds. The lowest BCUT2D eigenvalue weighted by Gasteiger charge is -2.41. The van der Waals surface area contributed by atoms with Crippen molar-refractivity contribution in [2.75, 3.05) is 24.5 Å². The number of hydrogen-bond donors (Lipinski definition) is 0. The minimum atomic E-state index is 0.0127. The van der Waals surface area contributed by atoms with Crippen LogP contribution in [-0.4, -0.2) is 46.5 Å². The van der Waals surface area contributed by atoms with Gasteiger partial charge in [0.25, 0.3) is 0 Å². The van der Waals surface area contributed by atoms with Crippen LogP contribution in [-0.2, 0) is 4.79 Å². The van der Waals surface area contributed by atoms with Crippen LogP contribution in [0.5, 0.6) is 11.6 Å². The maximum Gasteiger partial charge on any atom is 0.225 e. The van der Waals surface area contributed by atoms with Crippen molar-refractivity contribution in [3.05, 3.63) is 41.7 Å². The van der Waals surface area contributed by atoms with Crippen molar-refractivity contribution < 1.29 is 9.53 Å². The average molecular weight is 375 g/mol. The van der Waals surface area contributed by atoms with Crippen LogP contribution < -0.4 is 9.64 Å². The second-order valence-electron chi connectivity index (χ2n) is 6.73. The maximum absolute atomic E-state index is 12.3. The lowest BCUT2D eigenvalue weighted by molar-refractivity contribution is -0.136. The third-order valence-corrected chi connectivity index (χ3v) is 4.72. The Morgan fingerprint density at radius 1 is 1.27 bits per heavy atom. The molecular weight excluding hydrogens is 352 g/mol. The minimum absolute atomic E-state index is 0.0127. The number of piperazine rings is 1. The number of benzene rings is 1. The molecule has 0 N–H and O–H groups in total. The normalized spacial score (nSPS) is 17.5. The molecule has 1 aliphatic heterocycles. The average Bonchev–Trinajstić information content (AvgIpc) is 2.63. The van der Waals surface area contributed by atoms with Crippen LogP contribution in [0.25, 0.3) is 0 Å². The van der Waals surface area contributed by atoms with E-state index in [4.69, 9.17) is 16.3 Å². The maximum atomic E-state index is 12.3. The van der Waals surface area contributed by atoms with Crippen LogP contribution in [0.1, 0.15) is 20.8 Å². The van der Waals surface area contributed by atoms with Crippen molar-refractivity contribution in [3.8, 4) is 11.6 Å². The third kappa shape index (κ3) is 4.07. The van der Waals surface area contributed by atoms with Gasteiger partial charge in [-0.2, -0.15) is 0 Å². The third-order valence-electron chi connectivity index (χ3n) is 4.41. The van der Waals surface area contributed by atoms with Gasteiger partial charge in [-0.05, 0) is 19.1 Å². The summed E-state index contributed by atoms with van der Waals surface area (Å²) in [5.41, 5.74) is 0. The van der Waals surface area contributed by atoms with Crippen molar-refractivity contribution in [3.63, 3.8) is 0 Å². The number of ether oxygens (including phenoxy) is 1. The summed E-state index contributed by atoms with van der Waals surface area (Å²) in [6.07, 6.45) is 1.48. The first-order valence-corrected chi connectivity index (χ1v) is 9.13. The Labute approximate surface area is 158 Å². The molecule has 7 heteroatoms. The molecule has 2 aromatic rings. The van der Waals surface area contributed by atoms with Crippen LogP contribution in [0.15, 0.2) is 36.7 Å². The molecule has 2 heterocycles. The van der Waals surface area contributed by atoms with E-state index in [1.54, 1.807) is 18.2 Å². The molecule has 1 atom stereocenters. The zero-order valence-electron chi connectivity index (χ0n) is 15.2. The lowest BCUT2D eigenvalue weighted by atomic mass is 10.1. The van der Waals surface area contributed by atoms with Gasteiger partial charge >= 0.3 is 0 Å². The molecule has 1 aliphatic rings. The van der Waals surface area contributed by atoms with Crippen LogP contribution in [0.3, 0.4) is 0 Å². The van der Waals surface area contributed by atoms with Crippen LogP contribution in [0, 0.1) is 5.92 Å². The molecule has 6 nitrogen and oxygen atoms in total. The SMILES string of the molecule is CC(C)C(=O)N1CCN(c2cc(Oc3ccccc3Cl)ncn2)C[C@@H]1C. The van der Waals surface area contributed by atoms with Crippen molar-refractivity contribution in [2.24, 2.45) is 5.92 Å². The molecule has 1 aromatic heterocycles. The summed E-state index contributed by atoms with van der Waals surface area (Å²) in [5.74, 6) is 1.99. The van der Waals surface area contributed by atoms with Gasteiger partial charge in [-0.1, -0.05) is 37.6 Å². The number of hydrogen-bond acceptors (Lipinski definition) is 5. The topological polar surface area (TPSA) is 58.6 Å². The number of carbonyl (C=O) groups is 1. The summed E-state index contributed by atoms with van der Waals surface area (Å²) in [6.45, 7) is 8.07. The molecule has 138 valence electrons. The van der Waals surface area contributed by atoms with E-state index in [1.807, 2.05) is 30.9 Å². The highest BCUT2D eigenvalue weighted by Crippen LogP contribution is 2.29. The van der Waals surface area contributed by atoms with Crippen LogP contribution in [0.4, 0.5) is 5.82 Å². The Kier molecular flexibility index (Phi) is 5.61. The molecule has 0 unspecified atom stereocenters. The predicted molar refractivity (Wildman–Crippen MR) is 102 cm³/mol. The molecule has 0 saturated carbocycles. The first kappa shape index (κ1) is 18.5. The summed E-state index contributed by atoms with van der Waals surface area (Å²) < 4.78 is 5.78. The summed E-state index contributed by atoms with van der Waals surface area (Å²) in [5, 5.41) is 0.530. The number of halogens is 1. The van der Waals surface area contributed by atoms with Gasteiger partial charge < -0.3 is 14.5 Å². The predicted octanol–water partition coefficient (Wildman–Crippen LogP) is 3.62. The standard InChI is InChI=1S/C19H23ClN4O2/c1-13(2)19(25)24-9-8-23(11-14(24)3)17-10-18(22-12-21-17)26-16-7-5-4-6-15(16)20/h4-7,10,12-14H,8-9,11H2,1-3H3/t14-/m0/s1. The Hall–Kier alpha value is -2.34. The summed E-state index contributed by atoms with van der Waals surface area (Å²) in [6, 6.07) is 9.20. The van der Waals surface area contributed by atoms with E-state index in [9.17, 15) is 4.79 Å². The van der Waals surface area contributed by atoms with E-state index in [1.165, 1.54) is 6.33 Å². The van der Waals surface area contributed by atoms with Gasteiger partial charge in [0.05, 0.1) is 5.02 Å². The van der Waals surface area contributed by atoms with E-state index >= 15 is 0 Å². The van der Waals surface area contributed by atoms with E-state index in [-0.39, 0.29) is 17.9 Å². The second-order valence-corrected chi connectivity index (χ2v) is 7.14. The van der Waals surface area contributed by atoms with Gasteiger partial charge in [0.1, 0.15) is 17.9 Å². The molecular formula is C19H23ClN4O2. The van der Waals surface area contributed by atoms with E-state index < -0.39 is 0 Å². The molecule has 1 fully saturated rings. The molecule has 0 radical (unpaired) electrons. The molecule has 0 aliphatic carbocycles. The highest BCUT2D eigenvalue weighted by molar-refractivity contribution is 6.32. The summed E-state index contributed by atoms with van der Waals surface area (Å²) >= 11 is 6.14. The fraction of sp³-hybridized carbons (Fsp3) is 0.421. The van der Waals surface area contributed by atoms with Crippen molar-refractivity contribution in [2.45, 2.75) is 26.8 Å². The summed E-state index contributed by atoms with van der Waals surface area (Å²) in [4.78, 5) is 24.9. The highest BCUT2D eigenvalue weighted by Gasteiger charge is 2.29. The molecule has 0 bridgehead atoms. The van der Waals surface area contributed by atoms with Crippen LogP contribution >= 0.6 is 11.6 Å². The van der Waals surface area contributed by atoms with Gasteiger partial charge in [0.2, 0.25) is 11.8 Å². The van der Waals surface area contributed by atoms with E-state index in [0.717, 1.165) is 18.9 Å². The van der Waals surface area contributed by atoms with E-state index in [2.05, 4.69) is 21.8 Å². The fourth-order valence-electron chi connectivity index (χ4n) is 3.02. The Morgan fingerprint density at radius 2 is 2.04 bits per heavy atom. The minimum Gasteiger partial charge on any atom is -0.437 e. The fourth-order valence-corrected chi connectivity index (χ4v) is 3.20. The van der Waals surface area contributed by atoms with Gasteiger partial charge in [-0.3, -0.25) is 4.79 Å². The Balaban J connectivity index is 1.71. The van der Waals surface area contributed by atoms with Gasteiger partial charge in [-0.15, -0.1) is 0 Å². The number of aromatic nitrogens is 2. The van der Waals surface area contributed by atoms with Gasteiger partial charge in [-0.25, -0.2) is 9.97 Å². The Morgan fingerprint density at radius 3 is 2.73 bits per heavy atom. The number of anilines is 1. The Bertz CT molecular complexity index is 784.